The summed E-state index contributed by atoms with van der Waals surface area (Å²) in [5, 5.41) is 0. The predicted octanol–water partition coefficient (Wildman–Crippen LogP) is 2.66. The fourth-order valence-electron chi connectivity index (χ4n) is 3.15. The van der Waals surface area contributed by atoms with Crippen molar-refractivity contribution < 1.29 is 9.13 Å². The van der Waals surface area contributed by atoms with E-state index in [-0.39, 0.29) is 0 Å². The van der Waals surface area contributed by atoms with Gasteiger partial charge in [-0.2, -0.15) is 0 Å². The Kier molecular flexibility index (Phi) is 4.92. The number of hydrogen-bond acceptors (Lipinski definition) is 0. The average Bonchev–Trinajstić information content (AvgIpc) is 3.31. The van der Waals surface area contributed by atoms with Gasteiger partial charge in [0, 0.05) is 0 Å². The molecular formula is C22H24N4+2. The summed E-state index contributed by atoms with van der Waals surface area (Å²) in [5.41, 5.74) is 2.64. The molecule has 0 fully saturated rings. The van der Waals surface area contributed by atoms with Crippen molar-refractivity contribution in [3.8, 4) is 0 Å². The summed E-state index contributed by atoms with van der Waals surface area (Å²) in [5.74, 6) is 0. The number of nitrogens with zero attached hydrogens (tertiary/aromatic N) is 4. The third kappa shape index (κ3) is 4.28. The average molecular weight is 344 g/mol. The Balaban J connectivity index is 1.32. The topological polar surface area (TPSA) is 17.6 Å². The molecule has 0 radical (unpaired) electrons. The lowest BCUT2D eigenvalue weighted by molar-refractivity contribution is -0.688. The van der Waals surface area contributed by atoms with Crippen LogP contribution in [0.2, 0.25) is 0 Å². The lowest BCUT2D eigenvalue weighted by Crippen LogP contribution is -2.32. The van der Waals surface area contributed by atoms with Gasteiger partial charge in [0.2, 0.25) is 12.7 Å². The third-order valence-corrected chi connectivity index (χ3v) is 4.52. The van der Waals surface area contributed by atoms with Crippen molar-refractivity contribution in [3.63, 3.8) is 0 Å². The van der Waals surface area contributed by atoms with Gasteiger partial charge in [-0.05, 0) is 11.1 Å². The van der Waals surface area contributed by atoms with E-state index in [1.165, 1.54) is 11.1 Å². The van der Waals surface area contributed by atoms with Gasteiger partial charge in [0.15, 0.2) is 0 Å². The molecule has 0 bridgehead atoms. The van der Waals surface area contributed by atoms with Gasteiger partial charge < -0.3 is 0 Å². The maximum Gasteiger partial charge on any atom is 0.244 e. The quantitative estimate of drug-likeness (QED) is 0.459. The molecule has 0 aliphatic heterocycles. The first-order chi connectivity index (χ1) is 12.8. The van der Waals surface area contributed by atoms with Crippen LogP contribution in [-0.4, -0.2) is 9.13 Å². The predicted molar refractivity (Wildman–Crippen MR) is 100 cm³/mol. The normalized spacial score (nSPS) is 10.9. The maximum atomic E-state index is 2.24. The second-order valence-corrected chi connectivity index (χ2v) is 6.62. The first-order valence-corrected chi connectivity index (χ1v) is 9.03. The van der Waals surface area contributed by atoms with Crippen LogP contribution in [0.5, 0.6) is 0 Å². The zero-order chi connectivity index (χ0) is 17.6. The minimum atomic E-state index is 0.911. The monoisotopic (exact) mass is 344 g/mol. The molecule has 0 amide bonds. The molecule has 4 nitrogen and oxygen atoms in total. The van der Waals surface area contributed by atoms with Gasteiger partial charge in [-0.25, -0.2) is 18.3 Å². The zero-order valence-electron chi connectivity index (χ0n) is 14.9. The second kappa shape index (κ2) is 7.83. The highest BCUT2D eigenvalue weighted by molar-refractivity contribution is 5.13. The Labute approximate surface area is 154 Å². The summed E-state index contributed by atoms with van der Waals surface area (Å²) in [6.07, 6.45) is 12.9. The van der Waals surface area contributed by atoms with E-state index in [9.17, 15) is 0 Å². The van der Waals surface area contributed by atoms with Gasteiger partial charge >= 0.3 is 0 Å². The van der Waals surface area contributed by atoms with Gasteiger partial charge in [-0.3, -0.25) is 0 Å². The molecule has 4 heteroatoms. The van der Waals surface area contributed by atoms with Crippen molar-refractivity contribution >= 4 is 0 Å². The molecule has 0 saturated heterocycles. The van der Waals surface area contributed by atoms with E-state index in [1.54, 1.807) is 0 Å². The lowest BCUT2D eigenvalue weighted by atomic mass is 10.2. The SMILES string of the molecule is c1ccc(C[n+]2ccn(CCn3cc[n+](Cc4ccccc4)c3)c2)cc1. The van der Waals surface area contributed by atoms with Crippen molar-refractivity contribution in [1.29, 1.82) is 0 Å². The Morgan fingerprint density at radius 1 is 0.577 bits per heavy atom. The van der Waals surface area contributed by atoms with Crippen LogP contribution >= 0.6 is 0 Å². The summed E-state index contributed by atoms with van der Waals surface area (Å²) >= 11 is 0. The highest BCUT2D eigenvalue weighted by atomic mass is 15.2. The minimum Gasteiger partial charge on any atom is -0.233 e. The zero-order valence-corrected chi connectivity index (χ0v) is 14.9. The third-order valence-electron chi connectivity index (χ3n) is 4.52. The molecule has 0 aliphatic rings. The van der Waals surface area contributed by atoms with Gasteiger partial charge in [0.25, 0.3) is 0 Å². The fourth-order valence-corrected chi connectivity index (χ4v) is 3.15. The highest BCUT2D eigenvalue weighted by Crippen LogP contribution is 1.99. The molecule has 0 spiro atoms. The number of imidazole rings is 2. The molecule has 0 unspecified atom stereocenters. The number of rotatable bonds is 7. The summed E-state index contributed by atoms with van der Waals surface area (Å²) in [6, 6.07) is 21.1. The molecule has 0 atom stereocenters. The van der Waals surface area contributed by atoms with E-state index in [2.05, 4.69) is 116 Å². The van der Waals surface area contributed by atoms with Crippen LogP contribution in [0, 0.1) is 0 Å². The summed E-state index contributed by atoms with van der Waals surface area (Å²) in [4.78, 5) is 0. The highest BCUT2D eigenvalue weighted by Gasteiger charge is 2.08. The van der Waals surface area contributed by atoms with E-state index in [4.69, 9.17) is 0 Å². The Morgan fingerprint density at radius 3 is 1.42 bits per heavy atom. The molecule has 130 valence electrons. The van der Waals surface area contributed by atoms with Crippen LogP contribution < -0.4 is 9.13 Å². The molecule has 0 N–H and O–H groups in total. The van der Waals surface area contributed by atoms with Crippen molar-refractivity contribution in [2.24, 2.45) is 0 Å². The lowest BCUT2D eigenvalue weighted by Gasteiger charge is -1.97. The smallest absolute Gasteiger partial charge is 0.233 e. The Morgan fingerprint density at radius 2 is 1.00 bits per heavy atom. The fraction of sp³-hybridized carbons (Fsp3) is 0.182. The molecule has 4 rings (SSSR count). The van der Waals surface area contributed by atoms with Crippen molar-refractivity contribution in [3.05, 3.63) is 109 Å². The number of benzene rings is 2. The van der Waals surface area contributed by atoms with Crippen LogP contribution in [0.3, 0.4) is 0 Å². The standard InChI is InChI=1S/C22H24N4/c1-3-7-21(8-4-1)17-25-15-13-23(19-25)11-12-24-14-16-26(20-24)18-22-9-5-2-6-10-22/h1-10,13-16,19-20H,11-12,17-18H2/q+2. The van der Waals surface area contributed by atoms with Crippen molar-refractivity contribution in [1.82, 2.24) is 9.13 Å². The molecule has 2 heterocycles. The van der Waals surface area contributed by atoms with E-state index >= 15 is 0 Å². The Bertz CT molecular complexity index is 859. The van der Waals surface area contributed by atoms with Crippen LogP contribution in [0.25, 0.3) is 0 Å². The minimum absolute atomic E-state index is 0.911. The molecule has 2 aromatic carbocycles. The summed E-state index contributed by atoms with van der Waals surface area (Å²) in [7, 11) is 0. The maximum absolute atomic E-state index is 2.24. The first kappa shape index (κ1) is 16.3. The van der Waals surface area contributed by atoms with E-state index < -0.39 is 0 Å². The number of aryl methyl sites for hydroxylation is 2. The largest absolute Gasteiger partial charge is 0.244 e. The molecule has 0 saturated carbocycles. The molecule has 2 aromatic heterocycles. The second-order valence-electron chi connectivity index (χ2n) is 6.62. The van der Waals surface area contributed by atoms with Gasteiger partial charge in [0.1, 0.15) is 51.0 Å². The van der Waals surface area contributed by atoms with Crippen LogP contribution in [-0.2, 0) is 26.2 Å². The number of hydrogen-bond donors (Lipinski definition) is 0. The van der Waals surface area contributed by atoms with Crippen molar-refractivity contribution in [2.45, 2.75) is 26.2 Å². The molecule has 4 aromatic rings. The van der Waals surface area contributed by atoms with Crippen LogP contribution in [0.15, 0.2) is 98.1 Å². The van der Waals surface area contributed by atoms with Crippen LogP contribution in [0.4, 0.5) is 0 Å². The van der Waals surface area contributed by atoms with E-state index in [0.29, 0.717) is 0 Å². The van der Waals surface area contributed by atoms with E-state index in [0.717, 1.165) is 26.2 Å². The van der Waals surface area contributed by atoms with Gasteiger partial charge in [0.05, 0.1) is 0 Å². The first-order valence-electron chi connectivity index (χ1n) is 9.03. The van der Waals surface area contributed by atoms with Crippen molar-refractivity contribution in [2.75, 3.05) is 0 Å². The van der Waals surface area contributed by atoms with E-state index in [1.807, 2.05) is 0 Å². The molecular weight excluding hydrogens is 320 g/mol. The number of aromatic nitrogens is 4. The molecule has 0 aliphatic carbocycles. The van der Waals surface area contributed by atoms with Gasteiger partial charge in [-0.1, -0.05) is 60.7 Å². The summed E-state index contributed by atoms with van der Waals surface area (Å²) in [6.45, 7) is 3.74. The Hall–Kier alpha value is -3.14. The molecule has 26 heavy (non-hydrogen) atoms. The van der Waals surface area contributed by atoms with Crippen LogP contribution in [0.1, 0.15) is 11.1 Å². The summed E-state index contributed by atoms with van der Waals surface area (Å²) < 4.78 is 8.93. The van der Waals surface area contributed by atoms with Gasteiger partial charge in [-0.15, -0.1) is 0 Å².